The van der Waals surface area contributed by atoms with Gasteiger partial charge in [-0.3, -0.25) is 20.0 Å². The highest BCUT2D eigenvalue weighted by Gasteiger charge is 2.44. The van der Waals surface area contributed by atoms with Gasteiger partial charge in [-0.05, 0) is 92.9 Å². The number of amides is 1. The van der Waals surface area contributed by atoms with Gasteiger partial charge in [-0.15, -0.1) is 0 Å². The lowest BCUT2D eigenvalue weighted by molar-refractivity contribution is -0.182. The second kappa shape index (κ2) is 21.1. The molecule has 4 saturated heterocycles. The highest BCUT2D eigenvalue weighted by Crippen LogP contribution is 2.39. The fourth-order valence-electron chi connectivity index (χ4n) is 10.3. The van der Waals surface area contributed by atoms with Crippen LogP contribution in [0.15, 0.2) is 85.6 Å². The minimum Gasteiger partial charge on any atom is -0.380 e. The van der Waals surface area contributed by atoms with E-state index in [9.17, 15) is 10.0 Å². The first kappa shape index (κ1) is 51.3. The highest BCUT2D eigenvalue weighted by atomic mass is 16.5. The zero-order valence-corrected chi connectivity index (χ0v) is 41.6. The summed E-state index contributed by atoms with van der Waals surface area (Å²) in [5.41, 5.74) is 6.93. The van der Waals surface area contributed by atoms with Crippen molar-refractivity contribution < 1.29 is 10.0 Å². The number of nitrogens with one attached hydrogen (secondary N) is 2. The van der Waals surface area contributed by atoms with E-state index < -0.39 is 6.04 Å². The highest BCUT2D eigenvalue weighted by molar-refractivity contribution is 5.81. The number of nitrogens with zero attached hydrogens (tertiary/aromatic N) is 6. The van der Waals surface area contributed by atoms with Gasteiger partial charge >= 0.3 is 0 Å². The number of fused-ring (bicyclic) bond motifs is 3. The van der Waals surface area contributed by atoms with Gasteiger partial charge in [-0.2, -0.15) is 0 Å². The minimum atomic E-state index is -0.649. The van der Waals surface area contributed by atoms with Crippen LogP contribution in [0.2, 0.25) is 0 Å². The maximum absolute atomic E-state index is 15.0. The van der Waals surface area contributed by atoms with Crippen LogP contribution in [-0.2, 0) is 4.79 Å². The molecule has 10 heteroatoms. The van der Waals surface area contributed by atoms with E-state index in [2.05, 4.69) is 131 Å². The SMILES string of the molecule is C=C1CC(C(C)C)C(NC)C(=C)N2C(CCCN2CCC(=C)C(C)(C)C)C(=O)N(O)CC(=C)N2C(CCCN2CCC(=C)C(C)(C)C)C(=C)N2CCC(C)C2C(=C)NC1C(C)C. The van der Waals surface area contributed by atoms with Crippen molar-refractivity contribution in [3.05, 3.63) is 85.6 Å². The first-order valence-electron chi connectivity index (χ1n) is 23.9. The molecule has 4 aliphatic rings. The van der Waals surface area contributed by atoms with Crippen LogP contribution in [0, 0.1) is 34.5 Å². The Hall–Kier alpha value is -3.31. The lowest BCUT2D eigenvalue weighted by Crippen LogP contribution is -2.61. The number of hydrogen-bond donors (Lipinski definition) is 3. The molecular weight excluding hydrogens is 769 g/mol. The van der Waals surface area contributed by atoms with Gasteiger partial charge < -0.3 is 15.5 Å². The molecule has 7 atom stereocenters. The summed E-state index contributed by atoms with van der Waals surface area (Å²) in [5.74, 6) is 0.668. The van der Waals surface area contributed by atoms with Gasteiger partial charge in [0.25, 0.3) is 5.91 Å². The van der Waals surface area contributed by atoms with Crippen LogP contribution in [-0.4, -0.2) is 118 Å². The van der Waals surface area contributed by atoms with Crippen molar-refractivity contribution in [1.82, 2.24) is 40.6 Å². The summed E-state index contributed by atoms with van der Waals surface area (Å²) in [7, 11) is 2.00. The molecule has 0 saturated carbocycles. The molecule has 0 bridgehead atoms. The molecule has 0 spiro atoms. The third-order valence-electron chi connectivity index (χ3n) is 14.7. The average Bonchev–Trinajstić information content (AvgIpc) is 3.59. The Morgan fingerprint density at radius 1 is 0.790 bits per heavy atom. The standard InChI is InChI=1S/C52H90N8O2/c1-34(2)44-32-37(6)47(35(3)4)54-41(10)49-36(5)24-31-57(49)42(11)45-22-20-27-55(29-25-38(7)51(13,14)15)59(45)40(9)33-58(62)50(61)46-23-21-28-56(30-26-39(8)52(16,17)18)60(46)43(12)48(44)53-19/h34-36,44-49,53-54,62H,6-12,20-33H2,1-5,13-19H3. The molecule has 4 fully saturated rings. The van der Waals surface area contributed by atoms with Gasteiger partial charge in [-0.1, -0.05) is 139 Å². The van der Waals surface area contributed by atoms with Crippen molar-refractivity contribution in [3.8, 4) is 0 Å². The van der Waals surface area contributed by atoms with E-state index in [0.29, 0.717) is 24.6 Å². The number of likely N-dealkylation sites (N-methyl/N-ethyl adjacent to an activating group) is 1. The molecule has 0 aliphatic carbocycles. The van der Waals surface area contributed by atoms with Crippen molar-refractivity contribution >= 4 is 5.91 Å². The Balaban J connectivity index is 1.86. The molecule has 0 aromatic rings. The lowest BCUT2D eigenvalue weighted by atomic mass is 9.79. The summed E-state index contributed by atoms with van der Waals surface area (Å²) in [6.07, 6.45) is 6.65. The van der Waals surface area contributed by atoms with E-state index in [1.807, 2.05) is 7.05 Å². The summed E-state index contributed by atoms with van der Waals surface area (Å²) in [5, 5.41) is 29.7. The summed E-state index contributed by atoms with van der Waals surface area (Å²) >= 11 is 0. The summed E-state index contributed by atoms with van der Waals surface area (Å²) in [6, 6.07) is -0.883. The molecule has 3 N–H and O–H groups in total. The molecule has 0 radical (unpaired) electrons. The van der Waals surface area contributed by atoms with Crippen LogP contribution in [0.1, 0.15) is 128 Å². The predicted molar refractivity (Wildman–Crippen MR) is 260 cm³/mol. The monoisotopic (exact) mass is 859 g/mol. The molecule has 10 nitrogen and oxygen atoms in total. The summed E-state index contributed by atoms with van der Waals surface area (Å²) < 4.78 is 0. The Bertz CT molecular complexity index is 1670. The first-order valence-corrected chi connectivity index (χ1v) is 23.9. The Kier molecular flexibility index (Phi) is 17.5. The van der Waals surface area contributed by atoms with Gasteiger partial charge in [0.15, 0.2) is 0 Å². The van der Waals surface area contributed by atoms with E-state index in [-0.39, 0.29) is 65.2 Å². The van der Waals surface area contributed by atoms with Crippen molar-refractivity contribution in [2.24, 2.45) is 34.5 Å². The Morgan fingerprint density at radius 3 is 1.82 bits per heavy atom. The van der Waals surface area contributed by atoms with E-state index in [1.54, 1.807) is 0 Å². The van der Waals surface area contributed by atoms with Crippen LogP contribution in [0.5, 0.6) is 0 Å². The molecule has 350 valence electrons. The maximum Gasteiger partial charge on any atom is 0.270 e. The van der Waals surface area contributed by atoms with Gasteiger partial charge in [0.1, 0.15) is 6.04 Å². The number of carbonyl (C=O) groups is 1. The number of hydrazine groups is 2. The van der Waals surface area contributed by atoms with E-state index >= 15 is 0 Å². The average molecular weight is 859 g/mol. The molecule has 7 unspecified atom stereocenters. The van der Waals surface area contributed by atoms with Crippen LogP contribution >= 0.6 is 0 Å². The van der Waals surface area contributed by atoms with E-state index in [4.69, 9.17) is 26.3 Å². The first-order chi connectivity index (χ1) is 28.8. The normalized spacial score (nSPS) is 28.7. The van der Waals surface area contributed by atoms with Crippen LogP contribution in [0.4, 0.5) is 0 Å². The minimum absolute atomic E-state index is 0.00375. The molecule has 0 aromatic heterocycles. The quantitative estimate of drug-likeness (QED) is 0.155. The van der Waals surface area contributed by atoms with Crippen LogP contribution in [0.3, 0.4) is 0 Å². The van der Waals surface area contributed by atoms with Gasteiger partial charge in [0.05, 0.1) is 24.7 Å². The van der Waals surface area contributed by atoms with Crippen molar-refractivity contribution in [3.63, 3.8) is 0 Å². The molecule has 0 aromatic carbocycles. The number of hydrogen-bond acceptors (Lipinski definition) is 9. The largest absolute Gasteiger partial charge is 0.380 e. The Labute approximate surface area is 379 Å². The summed E-state index contributed by atoms with van der Waals surface area (Å²) in [6.45, 7) is 61.3. The molecule has 4 rings (SSSR count). The second-order valence-corrected chi connectivity index (χ2v) is 21.9. The van der Waals surface area contributed by atoms with Crippen molar-refractivity contribution in [1.29, 1.82) is 0 Å². The Morgan fingerprint density at radius 2 is 1.32 bits per heavy atom. The van der Waals surface area contributed by atoms with Gasteiger partial charge in [0, 0.05) is 61.6 Å². The maximum atomic E-state index is 15.0. The fourth-order valence-corrected chi connectivity index (χ4v) is 10.3. The third-order valence-corrected chi connectivity index (χ3v) is 14.7. The lowest BCUT2D eigenvalue weighted by Gasteiger charge is -2.51. The smallest absolute Gasteiger partial charge is 0.270 e. The van der Waals surface area contributed by atoms with Crippen LogP contribution in [0.25, 0.3) is 0 Å². The summed E-state index contributed by atoms with van der Waals surface area (Å²) in [4.78, 5) is 17.4. The number of hydroxylamine groups is 2. The molecule has 4 heterocycles. The predicted octanol–water partition coefficient (Wildman–Crippen LogP) is 9.75. The van der Waals surface area contributed by atoms with E-state index in [1.165, 1.54) is 5.57 Å². The zero-order chi connectivity index (χ0) is 46.6. The zero-order valence-electron chi connectivity index (χ0n) is 41.6. The van der Waals surface area contributed by atoms with Crippen molar-refractivity contribution in [2.45, 2.75) is 158 Å². The number of rotatable bonds is 9. The molecule has 1 amide bonds. The van der Waals surface area contributed by atoms with Crippen molar-refractivity contribution in [2.75, 3.05) is 46.3 Å². The molecular formula is C52H90N8O2. The molecule has 4 aliphatic heterocycles. The molecule has 62 heavy (non-hydrogen) atoms. The van der Waals surface area contributed by atoms with Gasteiger partial charge in [-0.25, -0.2) is 15.1 Å². The number of carbonyl (C=O) groups excluding carboxylic acids is 1. The van der Waals surface area contributed by atoms with Crippen LogP contribution < -0.4 is 10.6 Å². The second-order valence-electron chi connectivity index (χ2n) is 21.9. The van der Waals surface area contributed by atoms with E-state index in [0.717, 1.165) is 104 Å². The van der Waals surface area contributed by atoms with Gasteiger partial charge in [0.2, 0.25) is 0 Å². The third kappa shape index (κ3) is 11.9. The topological polar surface area (TPSA) is 80.8 Å². The fraction of sp³-hybridized carbons (Fsp3) is 0.712.